The van der Waals surface area contributed by atoms with Gasteiger partial charge < -0.3 is 10.1 Å². The molecule has 20 heavy (non-hydrogen) atoms. The van der Waals surface area contributed by atoms with Crippen molar-refractivity contribution in [2.24, 2.45) is 4.99 Å². The molecule has 0 saturated carbocycles. The van der Waals surface area contributed by atoms with Crippen LogP contribution in [0.2, 0.25) is 5.02 Å². The molecule has 100 valence electrons. The molecule has 4 heteroatoms. The molecule has 3 nitrogen and oxygen atoms in total. The minimum absolute atomic E-state index is 0.309. The first-order valence-electron chi connectivity index (χ1n) is 6.39. The maximum Gasteiger partial charge on any atom is 0.144 e. The Hall–Kier alpha value is -2.13. The van der Waals surface area contributed by atoms with Gasteiger partial charge in [0.2, 0.25) is 0 Å². The summed E-state index contributed by atoms with van der Waals surface area (Å²) in [6.45, 7) is 0.417. The lowest BCUT2D eigenvalue weighted by Gasteiger charge is -2.12. The van der Waals surface area contributed by atoms with Crippen molar-refractivity contribution in [1.29, 1.82) is 0 Å². The SMILES string of the molecule is O=CC1CN=C(c2ccccc2)c2cc(Cl)ccc2N1. The normalized spacial score (nSPS) is 17.4. The Kier molecular flexibility index (Phi) is 3.52. The number of hydrogen-bond acceptors (Lipinski definition) is 3. The van der Waals surface area contributed by atoms with Crippen LogP contribution in [0.5, 0.6) is 0 Å². The number of nitrogens with zero attached hydrogens (tertiary/aromatic N) is 1. The van der Waals surface area contributed by atoms with E-state index < -0.39 is 0 Å². The molecule has 3 rings (SSSR count). The summed E-state index contributed by atoms with van der Waals surface area (Å²) in [6.07, 6.45) is 0.885. The summed E-state index contributed by atoms with van der Waals surface area (Å²) >= 11 is 6.10. The monoisotopic (exact) mass is 284 g/mol. The second-order valence-corrected chi connectivity index (χ2v) is 5.07. The topological polar surface area (TPSA) is 41.5 Å². The number of rotatable bonds is 2. The highest BCUT2D eigenvalue weighted by molar-refractivity contribution is 6.31. The molecule has 1 unspecified atom stereocenters. The van der Waals surface area contributed by atoms with Gasteiger partial charge in [0.25, 0.3) is 0 Å². The lowest BCUT2D eigenvalue weighted by molar-refractivity contribution is -0.108. The van der Waals surface area contributed by atoms with Crippen LogP contribution < -0.4 is 5.32 Å². The molecule has 0 radical (unpaired) electrons. The molecular formula is C16H13ClN2O. The number of hydrogen-bond donors (Lipinski definition) is 1. The van der Waals surface area contributed by atoms with Crippen LogP contribution in [-0.4, -0.2) is 24.6 Å². The van der Waals surface area contributed by atoms with Crippen molar-refractivity contribution in [3.8, 4) is 0 Å². The molecule has 2 aromatic rings. The van der Waals surface area contributed by atoms with Crippen LogP contribution >= 0.6 is 11.6 Å². The molecule has 1 N–H and O–H groups in total. The first-order valence-corrected chi connectivity index (χ1v) is 6.77. The number of aldehydes is 1. The highest BCUT2D eigenvalue weighted by atomic mass is 35.5. The van der Waals surface area contributed by atoms with Gasteiger partial charge in [-0.15, -0.1) is 0 Å². The minimum atomic E-state index is -0.309. The Balaban J connectivity index is 2.16. The lowest BCUT2D eigenvalue weighted by atomic mass is 10.0. The summed E-state index contributed by atoms with van der Waals surface area (Å²) in [4.78, 5) is 15.7. The quantitative estimate of drug-likeness (QED) is 0.861. The molecule has 0 saturated heterocycles. The molecule has 0 amide bonds. The smallest absolute Gasteiger partial charge is 0.144 e. The molecule has 1 atom stereocenters. The van der Waals surface area contributed by atoms with E-state index in [9.17, 15) is 4.79 Å². The van der Waals surface area contributed by atoms with Gasteiger partial charge in [-0.2, -0.15) is 0 Å². The van der Waals surface area contributed by atoms with E-state index in [0.29, 0.717) is 11.6 Å². The van der Waals surface area contributed by atoms with Gasteiger partial charge >= 0.3 is 0 Å². The number of carbonyl (C=O) groups excluding carboxylic acids is 1. The molecule has 0 aromatic heterocycles. The van der Waals surface area contributed by atoms with Gasteiger partial charge in [-0.05, 0) is 18.2 Å². The van der Waals surface area contributed by atoms with Crippen LogP contribution in [0.1, 0.15) is 11.1 Å². The zero-order chi connectivity index (χ0) is 13.9. The maximum atomic E-state index is 11.1. The van der Waals surface area contributed by atoms with Gasteiger partial charge in [0.1, 0.15) is 12.3 Å². The second kappa shape index (κ2) is 5.47. The third-order valence-corrected chi connectivity index (χ3v) is 3.47. The number of halogens is 1. The Morgan fingerprint density at radius 3 is 2.75 bits per heavy atom. The van der Waals surface area contributed by atoms with E-state index in [1.165, 1.54) is 0 Å². The van der Waals surface area contributed by atoms with Crippen LogP contribution in [0.4, 0.5) is 5.69 Å². The van der Waals surface area contributed by atoms with Crippen molar-refractivity contribution in [3.63, 3.8) is 0 Å². The van der Waals surface area contributed by atoms with E-state index in [0.717, 1.165) is 28.8 Å². The van der Waals surface area contributed by atoms with E-state index in [1.807, 2.05) is 48.5 Å². The summed E-state index contributed by atoms with van der Waals surface area (Å²) in [5.74, 6) is 0. The number of carbonyl (C=O) groups is 1. The van der Waals surface area contributed by atoms with Crippen LogP contribution in [0.25, 0.3) is 0 Å². The van der Waals surface area contributed by atoms with Gasteiger partial charge in [-0.25, -0.2) is 0 Å². The van der Waals surface area contributed by atoms with Crippen molar-refractivity contribution >= 4 is 29.3 Å². The molecule has 0 spiro atoms. The Bertz CT molecular complexity index is 667. The minimum Gasteiger partial charge on any atom is -0.373 e. The number of nitrogens with one attached hydrogen (secondary N) is 1. The van der Waals surface area contributed by atoms with Crippen molar-refractivity contribution in [3.05, 3.63) is 64.7 Å². The third-order valence-electron chi connectivity index (χ3n) is 3.24. The average Bonchev–Trinajstić information content (AvgIpc) is 2.67. The van der Waals surface area contributed by atoms with Gasteiger partial charge in [0.05, 0.1) is 12.3 Å². The number of anilines is 1. The first-order chi connectivity index (χ1) is 9.78. The van der Waals surface area contributed by atoms with Crippen molar-refractivity contribution in [2.45, 2.75) is 6.04 Å². The largest absolute Gasteiger partial charge is 0.373 e. The van der Waals surface area contributed by atoms with E-state index >= 15 is 0 Å². The fourth-order valence-electron chi connectivity index (χ4n) is 2.28. The van der Waals surface area contributed by atoms with Crippen LogP contribution in [0.3, 0.4) is 0 Å². The summed E-state index contributed by atoms with van der Waals surface area (Å²) < 4.78 is 0. The zero-order valence-corrected chi connectivity index (χ0v) is 11.5. The molecule has 0 bridgehead atoms. The average molecular weight is 285 g/mol. The number of aliphatic imine (C=N–C) groups is 1. The van der Waals surface area contributed by atoms with E-state index in [2.05, 4.69) is 10.3 Å². The predicted octanol–water partition coefficient (Wildman–Crippen LogP) is 3.17. The van der Waals surface area contributed by atoms with Gasteiger partial charge in [-0.3, -0.25) is 4.99 Å². The van der Waals surface area contributed by atoms with Crippen LogP contribution in [0, 0.1) is 0 Å². The summed E-state index contributed by atoms with van der Waals surface area (Å²) in [7, 11) is 0. The second-order valence-electron chi connectivity index (χ2n) is 4.63. The van der Waals surface area contributed by atoms with E-state index in [4.69, 9.17) is 11.6 Å². The highest BCUT2D eigenvalue weighted by Crippen LogP contribution is 2.26. The predicted molar refractivity (Wildman–Crippen MR) is 81.9 cm³/mol. The Labute approximate surface area is 122 Å². The Morgan fingerprint density at radius 1 is 1.20 bits per heavy atom. The summed E-state index contributed by atoms with van der Waals surface area (Å²) in [6, 6.07) is 15.2. The summed E-state index contributed by atoms with van der Waals surface area (Å²) in [5.41, 5.74) is 3.68. The summed E-state index contributed by atoms with van der Waals surface area (Å²) in [5, 5.41) is 3.85. The van der Waals surface area contributed by atoms with Crippen molar-refractivity contribution in [2.75, 3.05) is 11.9 Å². The third kappa shape index (κ3) is 2.45. The fraction of sp³-hybridized carbons (Fsp3) is 0.125. The number of benzodiazepines with no additional fused rings is 1. The number of benzene rings is 2. The first kappa shape index (κ1) is 12.9. The standard InChI is InChI=1S/C16H13ClN2O/c17-12-6-7-15-14(8-12)16(11-4-2-1-3-5-11)18-9-13(10-20)19-15/h1-8,10,13,19H,9H2. The Morgan fingerprint density at radius 2 is 2.00 bits per heavy atom. The highest BCUT2D eigenvalue weighted by Gasteiger charge is 2.19. The molecule has 0 aliphatic carbocycles. The van der Waals surface area contributed by atoms with Crippen molar-refractivity contribution < 1.29 is 4.79 Å². The molecule has 1 heterocycles. The number of fused-ring (bicyclic) bond motifs is 1. The molecule has 1 aliphatic rings. The maximum absolute atomic E-state index is 11.1. The zero-order valence-electron chi connectivity index (χ0n) is 10.7. The van der Waals surface area contributed by atoms with Gasteiger partial charge in [-0.1, -0.05) is 41.9 Å². The van der Waals surface area contributed by atoms with Crippen LogP contribution in [0.15, 0.2) is 53.5 Å². The molecule has 0 fully saturated rings. The van der Waals surface area contributed by atoms with E-state index in [1.54, 1.807) is 0 Å². The fourth-order valence-corrected chi connectivity index (χ4v) is 2.45. The lowest BCUT2D eigenvalue weighted by Crippen LogP contribution is -2.23. The van der Waals surface area contributed by atoms with Crippen molar-refractivity contribution in [1.82, 2.24) is 0 Å². The molecule has 1 aliphatic heterocycles. The van der Waals surface area contributed by atoms with Crippen LogP contribution in [-0.2, 0) is 4.79 Å². The molecule has 2 aromatic carbocycles. The van der Waals surface area contributed by atoms with Gasteiger partial charge in [0.15, 0.2) is 0 Å². The van der Waals surface area contributed by atoms with E-state index in [-0.39, 0.29) is 6.04 Å². The van der Waals surface area contributed by atoms with Gasteiger partial charge in [0, 0.05) is 21.8 Å². The molecular weight excluding hydrogens is 272 g/mol.